The number of benzene rings is 1. The van der Waals surface area contributed by atoms with Crippen molar-refractivity contribution in [3.63, 3.8) is 0 Å². The van der Waals surface area contributed by atoms with Crippen molar-refractivity contribution in [3.05, 3.63) is 34.9 Å². The third kappa shape index (κ3) is 3.78. The molecule has 15 heavy (non-hydrogen) atoms. The molecule has 0 bridgehead atoms. The highest BCUT2D eigenvalue weighted by molar-refractivity contribution is 6.34. The summed E-state index contributed by atoms with van der Waals surface area (Å²) in [5, 5.41) is 4.08. The van der Waals surface area contributed by atoms with Gasteiger partial charge in [0.15, 0.2) is 0 Å². The van der Waals surface area contributed by atoms with Gasteiger partial charge in [-0.25, -0.2) is 5.43 Å². The van der Waals surface area contributed by atoms with E-state index >= 15 is 0 Å². The Labute approximate surface area is 90.9 Å². The van der Waals surface area contributed by atoms with Crippen LogP contribution in [0, 0.1) is 0 Å². The number of rotatable bonds is 2. The van der Waals surface area contributed by atoms with Crippen LogP contribution in [-0.4, -0.2) is 18.0 Å². The molecule has 0 spiro atoms. The highest BCUT2D eigenvalue weighted by atomic mass is 35.5. The SMILES string of the molecule is NC(=O)C(=O)NN=Cc1cccc(Cl)c1. The van der Waals surface area contributed by atoms with E-state index in [0.29, 0.717) is 10.6 Å². The Morgan fingerprint density at radius 2 is 2.20 bits per heavy atom. The lowest BCUT2D eigenvalue weighted by Gasteiger charge is -1.94. The molecule has 2 amide bonds. The molecule has 1 rings (SSSR count). The number of nitrogens with zero attached hydrogens (tertiary/aromatic N) is 1. The zero-order valence-corrected chi connectivity index (χ0v) is 8.36. The molecule has 6 heteroatoms. The van der Waals surface area contributed by atoms with Gasteiger partial charge < -0.3 is 5.73 Å². The zero-order valence-electron chi connectivity index (χ0n) is 7.61. The van der Waals surface area contributed by atoms with Crippen molar-refractivity contribution >= 4 is 29.6 Å². The van der Waals surface area contributed by atoms with Crippen molar-refractivity contribution in [2.75, 3.05) is 0 Å². The number of carbonyl (C=O) groups is 2. The highest BCUT2D eigenvalue weighted by Crippen LogP contribution is 2.08. The molecule has 0 heterocycles. The van der Waals surface area contributed by atoms with Crippen LogP contribution in [0.25, 0.3) is 0 Å². The summed E-state index contributed by atoms with van der Waals surface area (Å²) in [6.45, 7) is 0. The number of nitrogens with two attached hydrogens (primary N) is 1. The van der Waals surface area contributed by atoms with Gasteiger partial charge in [0, 0.05) is 5.02 Å². The Balaban J connectivity index is 2.59. The van der Waals surface area contributed by atoms with Crippen molar-refractivity contribution in [1.82, 2.24) is 5.43 Å². The summed E-state index contributed by atoms with van der Waals surface area (Å²) >= 11 is 5.71. The molecule has 0 atom stereocenters. The van der Waals surface area contributed by atoms with E-state index in [1.54, 1.807) is 24.3 Å². The monoisotopic (exact) mass is 225 g/mol. The predicted octanol–water partition coefficient (Wildman–Crippen LogP) is 0.275. The molecule has 5 nitrogen and oxygen atoms in total. The number of primary amides is 1. The number of carbonyl (C=O) groups excluding carboxylic acids is 2. The average molecular weight is 226 g/mol. The van der Waals surface area contributed by atoms with Gasteiger partial charge >= 0.3 is 11.8 Å². The second-order valence-electron chi connectivity index (χ2n) is 2.62. The first-order valence-electron chi connectivity index (χ1n) is 3.98. The fourth-order valence-electron chi connectivity index (χ4n) is 0.807. The van der Waals surface area contributed by atoms with Crippen LogP contribution in [-0.2, 0) is 9.59 Å². The third-order valence-electron chi connectivity index (χ3n) is 1.45. The quantitative estimate of drug-likeness (QED) is 0.430. The van der Waals surface area contributed by atoms with Gasteiger partial charge in [-0.15, -0.1) is 0 Å². The first kappa shape index (κ1) is 11.2. The van der Waals surface area contributed by atoms with Crippen molar-refractivity contribution in [2.45, 2.75) is 0 Å². The standard InChI is InChI=1S/C9H8ClN3O2/c10-7-3-1-2-6(4-7)5-12-13-9(15)8(11)14/h1-5H,(H2,11,14)(H,13,15). The number of hydrazone groups is 1. The molecule has 0 aliphatic carbocycles. The maximum Gasteiger partial charge on any atom is 0.329 e. The van der Waals surface area contributed by atoms with E-state index in [-0.39, 0.29) is 0 Å². The lowest BCUT2D eigenvalue weighted by Crippen LogP contribution is -2.32. The summed E-state index contributed by atoms with van der Waals surface area (Å²) in [6, 6.07) is 6.84. The number of hydrogen-bond donors (Lipinski definition) is 2. The van der Waals surface area contributed by atoms with Crippen molar-refractivity contribution in [1.29, 1.82) is 0 Å². The third-order valence-corrected chi connectivity index (χ3v) is 1.69. The molecule has 0 aromatic heterocycles. The molecular weight excluding hydrogens is 218 g/mol. The van der Waals surface area contributed by atoms with Crippen LogP contribution >= 0.6 is 11.6 Å². The Bertz CT molecular complexity index is 418. The Morgan fingerprint density at radius 1 is 1.47 bits per heavy atom. The average Bonchev–Trinajstić information content (AvgIpc) is 2.17. The van der Waals surface area contributed by atoms with Crippen LogP contribution in [0.5, 0.6) is 0 Å². The second-order valence-corrected chi connectivity index (χ2v) is 3.05. The van der Waals surface area contributed by atoms with Crippen LogP contribution < -0.4 is 11.2 Å². The second kappa shape index (κ2) is 5.11. The number of hydrogen-bond acceptors (Lipinski definition) is 3. The molecule has 0 radical (unpaired) electrons. The first-order valence-corrected chi connectivity index (χ1v) is 4.36. The minimum absolute atomic E-state index is 0.556. The largest absolute Gasteiger partial charge is 0.361 e. The van der Waals surface area contributed by atoms with Crippen molar-refractivity contribution in [3.8, 4) is 0 Å². The molecule has 1 aromatic carbocycles. The van der Waals surface area contributed by atoms with Gasteiger partial charge in [-0.05, 0) is 17.7 Å². The number of nitrogens with one attached hydrogen (secondary N) is 1. The summed E-state index contributed by atoms with van der Waals surface area (Å²) in [7, 11) is 0. The van der Waals surface area contributed by atoms with Crippen molar-refractivity contribution in [2.24, 2.45) is 10.8 Å². The summed E-state index contributed by atoms with van der Waals surface area (Å²) in [6.07, 6.45) is 1.35. The first-order chi connectivity index (χ1) is 7.09. The normalized spacial score (nSPS) is 10.2. The van der Waals surface area contributed by atoms with Gasteiger partial charge in [-0.2, -0.15) is 5.10 Å². The van der Waals surface area contributed by atoms with Gasteiger partial charge in [0.1, 0.15) is 0 Å². The molecular formula is C9H8ClN3O2. The highest BCUT2D eigenvalue weighted by Gasteiger charge is 2.04. The van der Waals surface area contributed by atoms with E-state index in [1.165, 1.54) is 6.21 Å². The summed E-state index contributed by atoms with van der Waals surface area (Å²) in [4.78, 5) is 21.0. The summed E-state index contributed by atoms with van der Waals surface area (Å²) < 4.78 is 0. The van der Waals surface area contributed by atoms with Gasteiger partial charge in [0.2, 0.25) is 0 Å². The van der Waals surface area contributed by atoms with E-state index in [4.69, 9.17) is 17.3 Å². The number of amides is 2. The smallest absolute Gasteiger partial charge is 0.329 e. The molecule has 78 valence electrons. The molecule has 0 unspecified atom stereocenters. The zero-order chi connectivity index (χ0) is 11.3. The molecule has 0 aliphatic heterocycles. The van der Waals surface area contributed by atoms with Crippen LogP contribution in [0.3, 0.4) is 0 Å². The molecule has 0 saturated carbocycles. The Morgan fingerprint density at radius 3 is 2.80 bits per heavy atom. The fourth-order valence-corrected chi connectivity index (χ4v) is 1.01. The maximum absolute atomic E-state index is 10.7. The fraction of sp³-hybridized carbons (Fsp3) is 0. The van der Waals surface area contributed by atoms with Crippen LogP contribution in [0.4, 0.5) is 0 Å². The van der Waals surface area contributed by atoms with Crippen LogP contribution in [0.1, 0.15) is 5.56 Å². The van der Waals surface area contributed by atoms with Gasteiger partial charge in [0.05, 0.1) is 6.21 Å². The van der Waals surface area contributed by atoms with E-state index in [0.717, 1.165) is 0 Å². The minimum atomic E-state index is -1.08. The maximum atomic E-state index is 10.7. The van der Waals surface area contributed by atoms with Crippen LogP contribution in [0.2, 0.25) is 5.02 Å². The number of halogens is 1. The summed E-state index contributed by atoms with van der Waals surface area (Å²) in [5.74, 6) is -2.05. The Hall–Kier alpha value is -1.88. The molecule has 3 N–H and O–H groups in total. The van der Waals surface area contributed by atoms with E-state index < -0.39 is 11.8 Å². The molecule has 0 fully saturated rings. The predicted molar refractivity (Wildman–Crippen MR) is 56.4 cm³/mol. The van der Waals surface area contributed by atoms with Gasteiger partial charge in [-0.3, -0.25) is 9.59 Å². The topological polar surface area (TPSA) is 84.5 Å². The van der Waals surface area contributed by atoms with Gasteiger partial charge in [-0.1, -0.05) is 23.7 Å². The van der Waals surface area contributed by atoms with E-state index in [1.807, 2.05) is 5.43 Å². The molecule has 0 aliphatic rings. The van der Waals surface area contributed by atoms with E-state index in [9.17, 15) is 9.59 Å². The summed E-state index contributed by atoms with van der Waals surface area (Å²) in [5.41, 5.74) is 7.36. The molecule has 0 saturated heterocycles. The van der Waals surface area contributed by atoms with E-state index in [2.05, 4.69) is 5.10 Å². The minimum Gasteiger partial charge on any atom is -0.361 e. The van der Waals surface area contributed by atoms with Crippen LogP contribution in [0.15, 0.2) is 29.4 Å². The molecule has 1 aromatic rings. The van der Waals surface area contributed by atoms with Crippen molar-refractivity contribution < 1.29 is 9.59 Å². The lowest BCUT2D eigenvalue weighted by molar-refractivity contribution is -0.137. The lowest BCUT2D eigenvalue weighted by atomic mass is 10.2. The van der Waals surface area contributed by atoms with Gasteiger partial charge in [0.25, 0.3) is 0 Å². The Kier molecular flexibility index (Phi) is 3.82.